The van der Waals surface area contributed by atoms with Crippen molar-refractivity contribution in [1.29, 1.82) is 0 Å². The summed E-state index contributed by atoms with van der Waals surface area (Å²) in [5.41, 5.74) is -0.658. The Hall–Kier alpha value is -3.01. The molecule has 0 saturated carbocycles. The monoisotopic (exact) mass is 582 g/mol. The summed E-state index contributed by atoms with van der Waals surface area (Å²) >= 11 is 3.32. The lowest BCUT2D eigenvalue weighted by atomic mass is 10.1. The number of amides is 1. The van der Waals surface area contributed by atoms with Gasteiger partial charge in [0.05, 0.1) is 33.1 Å². The summed E-state index contributed by atoms with van der Waals surface area (Å²) in [5, 5.41) is 2.58. The molecular formula is C27H30BrF3N2O4. The minimum atomic E-state index is -4.69. The maximum absolute atomic E-state index is 14.1. The average Bonchev–Trinajstić information content (AvgIpc) is 2.76. The van der Waals surface area contributed by atoms with E-state index in [1.165, 1.54) is 6.07 Å². The largest absolute Gasteiger partial charge is 0.490 e. The van der Waals surface area contributed by atoms with Crippen LogP contribution in [0.5, 0.6) is 11.6 Å². The molecule has 0 radical (unpaired) electrons. The lowest BCUT2D eigenvalue weighted by Crippen LogP contribution is -2.43. The number of nitrogens with zero attached hydrogens (tertiary/aromatic N) is 1. The number of pyridine rings is 1. The van der Waals surface area contributed by atoms with Crippen molar-refractivity contribution in [3.63, 3.8) is 0 Å². The number of carbonyl (C=O) groups is 1. The number of alkyl carbamates (subject to hydrolysis) is 1. The number of alkyl halides is 3. The van der Waals surface area contributed by atoms with Gasteiger partial charge in [0.1, 0.15) is 18.0 Å². The third kappa shape index (κ3) is 8.24. The second kappa shape index (κ2) is 11.6. The molecule has 0 aliphatic carbocycles. The highest BCUT2D eigenvalue weighted by molar-refractivity contribution is 9.10. The standard InChI is InChI=1S/C27H30BrF3N2O4/c1-16(2)36-22-14-19(27(29,30)31)23-21(33-22)12-11-20(28)24(23)35-15-18(13-17-9-7-6-8-10-17)32-25(34)37-26(3,4)5/h6-12,14,16,18H,13,15H2,1-5H3,(H,32,34)/t18-/m1/s1. The van der Waals surface area contributed by atoms with Crippen molar-refractivity contribution in [3.05, 3.63) is 64.1 Å². The summed E-state index contributed by atoms with van der Waals surface area (Å²) in [4.78, 5) is 16.8. The van der Waals surface area contributed by atoms with Crippen LogP contribution in [0.2, 0.25) is 0 Å². The van der Waals surface area contributed by atoms with Crippen molar-refractivity contribution < 1.29 is 32.2 Å². The number of hydrogen-bond donors (Lipinski definition) is 1. The van der Waals surface area contributed by atoms with Gasteiger partial charge < -0.3 is 19.5 Å². The Morgan fingerprint density at radius 2 is 1.76 bits per heavy atom. The second-order valence-corrected chi connectivity index (χ2v) is 10.6. The number of carbonyl (C=O) groups excluding carboxylic acids is 1. The predicted molar refractivity (Wildman–Crippen MR) is 139 cm³/mol. The fourth-order valence-corrected chi connectivity index (χ4v) is 4.07. The molecule has 0 aliphatic rings. The zero-order valence-corrected chi connectivity index (χ0v) is 22.9. The second-order valence-electron chi connectivity index (χ2n) is 9.79. The molecular weight excluding hydrogens is 553 g/mol. The van der Waals surface area contributed by atoms with Gasteiger partial charge in [-0.1, -0.05) is 30.3 Å². The number of hydrogen-bond acceptors (Lipinski definition) is 5. The van der Waals surface area contributed by atoms with Gasteiger partial charge in [-0.2, -0.15) is 13.2 Å². The first-order chi connectivity index (χ1) is 17.2. The first kappa shape index (κ1) is 28.6. The fourth-order valence-electron chi connectivity index (χ4n) is 3.62. The molecule has 1 aromatic heterocycles. The van der Waals surface area contributed by atoms with Crippen LogP contribution in [0.1, 0.15) is 45.7 Å². The van der Waals surface area contributed by atoms with Gasteiger partial charge in [0.15, 0.2) is 0 Å². The van der Waals surface area contributed by atoms with E-state index in [4.69, 9.17) is 14.2 Å². The molecule has 1 heterocycles. The molecule has 200 valence electrons. The molecule has 0 saturated heterocycles. The Kier molecular flexibility index (Phi) is 8.94. The van der Waals surface area contributed by atoms with Crippen molar-refractivity contribution in [1.82, 2.24) is 10.3 Å². The van der Waals surface area contributed by atoms with Gasteiger partial charge in [-0.05, 0) is 74.7 Å². The normalized spacial score (nSPS) is 12.9. The van der Waals surface area contributed by atoms with Gasteiger partial charge in [0.25, 0.3) is 0 Å². The summed E-state index contributed by atoms with van der Waals surface area (Å²) < 4.78 is 59.5. The molecule has 10 heteroatoms. The van der Waals surface area contributed by atoms with Gasteiger partial charge in [0.2, 0.25) is 5.88 Å². The molecule has 1 amide bonds. The van der Waals surface area contributed by atoms with Crippen LogP contribution in [0.25, 0.3) is 10.9 Å². The number of benzene rings is 2. The van der Waals surface area contributed by atoms with Crippen LogP contribution < -0.4 is 14.8 Å². The van der Waals surface area contributed by atoms with Crippen LogP contribution in [0.15, 0.2) is 53.0 Å². The van der Waals surface area contributed by atoms with E-state index >= 15 is 0 Å². The predicted octanol–water partition coefficient (Wildman–Crippen LogP) is 7.32. The van der Waals surface area contributed by atoms with Crippen LogP contribution in [-0.2, 0) is 17.3 Å². The number of ether oxygens (including phenoxy) is 3. The highest BCUT2D eigenvalue weighted by Crippen LogP contribution is 2.43. The molecule has 37 heavy (non-hydrogen) atoms. The zero-order valence-electron chi connectivity index (χ0n) is 21.3. The van der Waals surface area contributed by atoms with Crippen LogP contribution in [0.4, 0.5) is 18.0 Å². The van der Waals surface area contributed by atoms with Crippen molar-refractivity contribution in [2.24, 2.45) is 0 Å². The van der Waals surface area contributed by atoms with E-state index in [-0.39, 0.29) is 35.2 Å². The Morgan fingerprint density at radius 1 is 1.08 bits per heavy atom. The van der Waals surface area contributed by atoms with Gasteiger partial charge in [0, 0.05) is 6.07 Å². The quantitative estimate of drug-likeness (QED) is 0.301. The fraction of sp³-hybridized carbons (Fsp3) is 0.407. The number of halogens is 4. The smallest absolute Gasteiger partial charge is 0.417 e. The van der Waals surface area contributed by atoms with E-state index in [0.29, 0.717) is 10.9 Å². The molecule has 0 aliphatic heterocycles. The van der Waals surface area contributed by atoms with E-state index in [1.807, 2.05) is 30.3 Å². The van der Waals surface area contributed by atoms with Crippen molar-refractivity contribution in [2.75, 3.05) is 6.61 Å². The van der Waals surface area contributed by atoms with E-state index in [2.05, 4.69) is 26.2 Å². The Labute approximate surface area is 222 Å². The third-order valence-corrected chi connectivity index (χ3v) is 5.62. The van der Waals surface area contributed by atoms with Gasteiger partial charge >= 0.3 is 12.3 Å². The van der Waals surface area contributed by atoms with Gasteiger partial charge in [-0.15, -0.1) is 0 Å². The molecule has 0 fully saturated rings. The highest BCUT2D eigenvalue weighted by atomic mass is 79.9. The van der Waals surface area contributed by atoms with Crippen LogP contribution in [-0.4, -0.2) is 35.4 Å². The van der Waals surface area contributed by atoms with Gasteiger partial charge in [-0.3, -0.25) is 0 Å². The molecule has 3 rings (SSSR count). The lowest BCUT2D eigenvalue weighted by Gasteiger charge is -2.25. The van der Waals surface area contributed by atoms with Crippen LogP contribution in [0.3, 0.4) is 0 Å². The minimum Gasteiger partial charge on any atom is -0.490 e. The van der Waals surface area contributed by atoms with E-state index in [9.17, 15) is 18.0 Å². The van der Waals surface area contributed by atoms with Crippen molar-refractivity contribution in [3.8, 4) is 11.6 Å². The zero-order chi connectivity index (χ0) is 27.4. The summed E-state index contributed by atoms with van der Waals surface area (Å²) in [7, 11) is 0. The third-order valence-electron chi connectivity index (χ3n) is 4.99. The first-order valence-corrected chi connectivity index (χ1v) is 12.6. The van der Waals surface area contributed by atoms with E-state index in [0.717, 1.165) is 11.6 Å². The van der Waals surface area contributed by atoms with Crippen LogP contribution in [0, 0.1) is 0 Å². The number of fused-ring (bicyclic) bond motifs is 1. The molecule has 0 spiro atoms. The number of rotatable bonds is 8. The van der Waals surface area contributed by atoms with Crippen LogP contribution >= 0.6 is 15.9 Å². The Balaban J connectivity index is 1.98. The molecule has 1 atom stereocenters. The molecule has 0 bridgehead atoms. The molecule has 3 aromatic rings. The highest BCUT2D eigenvalue weighted by Gasteiger charge is 2.36. The number of nitrogens with one attached hydrogen (secondary N) is 1. The summed E-state index contributed by atoms with van der Waals surface area (Å²) in [6, 6.07) is 12.7. The SMILES string of the molecule is CC(C)Oc1cc(C(F)(F)F)c2c(OC[C@@H](Cc3ccccc3)NC(=O)OC(C)(C)C)c(Br)ccc2n1. The van der Waals surface area contributed by atoms with Gasteiger partial charge in [-0.25, -0.2) is 9.78 Å². The van der Waals surface area contributed by atoms with E-state index < -0.39 is 29.5 Å². The lowest BCUT2D eigenvalue weighted by molar-refractivity contribution is -0.136. The topological polar surface area (TPSA) is 69.7 Å². The van der Waals surface area contributed by atoms with E-state index in [1.54, 1.807) is 40.7 Å². The molecule has 2 aromatic carbocycles. The molecule has 1 N–H and O–H groups in total. The number of aromatic nitrogens is 1. The average molecular weight is 583 g/mol. The minimum absolute atomic E-state index is 0.0301. The summed E-state index contributed by atoms with van der Waals surface area (Å²) in [5.74, 6) is -0.158. The maximum Gasteiger partial charge on any atom is 0.417 e. The Morgan fingerprint density at radius 3 is 2.35 bits per heavy atom. The Bertz CT molecular complexity index is 1230. The molecule has 0 unspecified atom stereocenters. The maximum atomic E-state index is 14.1. The van der Waals surface area contributed by atoms with Crippen molar-refractivity contribution >= 4 is 32.9 Å². The first-order valence-electron chi connectivity index (χ1n) is 11.8. The summed E-state index contributed by atoms with van der Waals surface area (Å²) in [6.45, 7) is 8.52. The molecule has 6 nitrogen and oxygen atoms in total. The summed E-state index contributed by atoms with van der Waals surface area (Å²) in [6.07, 6.45) is -5.32. The van der Waals surface area contributed by atoms with Crippen molar-refractivity contribution in [2.45, 2.75) is 65.0 Å².